The minimum absolute atomic E-state index is 0.117. The molecule has 0 saturated carbocycles. The second-order valence-corrected chi connectivity index (χ2v) is 6.34. The number of aromatic nitrogens is 4. The summed E-state index contributed by atoms with van der Waals surface area (Å²) < 4.78 is 1.64. The summed E-state index contributed by atoms with van der Waals surface area (Å²) in [5, 5.41) is 7.16. The minimum Gasteiger partial charge on any atom is -0.322 e. The topological polar surface area (TPSA) is 79.2 Å². The van der Waals surface area contributed by atoms with Crippen molar-refractivity contribution in [3.63, 3.8) is 0 Å². The van der Waals surface area contributed by atoms with E-state index in [2.05, 4.69) is 25.3 Å². The SMILES string of the molecule is O=C(Nc1cccnc1-n1cccn1)N1CCN(Cc2ccccn2)CC1. The van der Waals surface area contributed by atoms with Gasteiger partial charge in [0.1, 0.15) is 0 Å². The molecule has 0 aliphatic carbocycles. The number of pyridine rings is 2. The van der Waals surface area contributed by atoms with Gasteiger partial charge in [-0.15, -0.1) is 0 Å². The Balaban J connectivity index is 1.35. The largest absolute Gasteiger partial charge is 0.322 e. The fourth-order valence-corrected chi connectivity index (χ4v) is 3.10. The molecule has 0 spiro atoms. The Kier molecular flexibility index (Phi) is 5.06. The van der Waals surface area contributed by atoms with Crippen LogP contribution < -0.4 is 5.32 Å². The lowest BCUT2D eigenvalue weighted by Gasteiger charge is -2.34. The van der Waals surface area contributed by atoms with Crippen LogP contribution in [0, 0.1) is 0 Å². The van der Waals surface area contributed by atoms with Gasteiger partial charge in [0.25, 0.3) is 0 Å². The van der Waals surface area contributed by atoms with Crippen LogP contribution in [0.2, 0.25) is 0 Å². The van der Waals surface area contributed by atoms with Gasteiger partial charge in [-0.2, -0.15) is 5.10 Å². The average molecular weight is 363 g/mol. The Morgan fingerprint density at radius 2 is 1.81 bits per heavy atom. The van der Waals surface area contributed by atoms with Gasteiger partial charge in [0.2, 0.25) is 0 Å². The summed E-state index contributed by atoms with van der Waals surface area (Å²) in [6, 6.07) is 11.3. The first-order chi connectivity index (χ1) is 13.3. The number of carbonyl (C=O) groups is 1. The summed E-state index contributed by atoms with van der Waals surface area (Å²) in [5.41, 5.74) is 1.69. The molecule has 1 saturated heterocycles. The summed E-state index contributed by atoms with van der Waals surface area (Å²) in [4.78, 5) is 25.5. The lowest BCUT2D eigenvalue weighted by atomic mass is 10.2. The van der Waals surface area contributed by atoms with E-state index in [4.69, 9.17) is 0 Å². The van der Waals surface area contributed by atoms with Crippen LogP contribution in [0.5, 0.6) is 0 Å². The predicted molar refractivity (Wildman–Crippen MR) is 101 cm³/mol. The van der Waals surface area contributed by atoms with Gasteiger partial charge in [-0.1, -0.05) is 6.07 Å². The lowest BCUT2D eigenvalue weighted by molar-refractivity contribution is 0.142. The number of piperazine rings is 1. The standard InChI is InChI=1S/C19H21N7O/c27-19(23-17-6-3-8-21-18(17)26-10-4-9-22-26)25-13-11-24(12-14-25)15-16-5-1-2-7-20-16/h1-10H,11-15H2,(H,23,27). The molecule has 4 rings (SSSR count). The second-order valence-electron chi connectivity index (χ2n) is 6.34. The van der Waals surface area contributed by atoms with Crippen molar-refractivity contribution in [1.82, 2.24) is 29.5 Å². The Hall–Kier alpha value is -3.26. The molecule has 0 bridgehead atoms. The molecule has 3 aromatic heterocycles. The Morgan fingerprint density at radius 1 is 0.963 bits per heavy atom. The highest BCUT2D eigenvalue weighted by Gasteiger charge is 2.22. The van der Waals surface area contributed by atoms with Gasteiger partial charge in [-0.05, 0) is 30.3 Å². The molecular formula is C19H21N7O. The van der Waals surface area contributed by atoms with Crippen molar-refractivity contribution in [2.75, 3.05) is 31.5 Å². The third-order valence-corrected chi connectivity index (χ3v) is 4.52. The number of nitrogens with zero attached hydrogens (tertiary/aromatic N) is 6. The number of hydrogen-bond donors (Lipinski definition) is 1. The zero-order valence-corrected chi connectivity index (χ0v) is 14.9. The third-order valence-electron chi connectivity index (χ3n) is 4.52. The van der Waals surface area contributed by atoms with E-state index in [1.165, 1.54) is 0 Å². The maximum Gasteiger partial charge on any atom is 0.322 e. The Morgan fingerprint density at radius 3 is 2.56 bits per heavy atom. The summed E-state index contributed by atoms with van der Waals surface area (Å²) in [6.45, 7) is 3.81. The maximum atomic E-state index is 12.7. The van der Waals surface area contributed by atoms with E-state index in [-0.39, 0.29) is 6.03 Å². The Labute approximate surface area is 157 Å². The van der Waals surface area contributed by atoms with Crippen LogP contribution in [-0.2, 0) is 6.54 Å². The molecule has 4 heterocycles. The summed E-state index contributed by atoms with van der Waals surface area (Å²) >= 11 is 0. The number of carbonyl (C=O) groups excluding carboxylic acids is 1. The summed E-state index contributed by atoms with van der Waals surface area (Å²) in [6.07, 6.45) is 6.97. The molecule has 138 valence electrons. The fraction of sp³-hybridized carbons (Fsp3) is 0.263. The number of nitrogens with one attached hydrogen (secondary N) is 1. The zero-order valence-electron chi connectivity index (χ0n) is 14.9. The van der Waals surface area contributed by atoms with Crippen molar-refractivity contribution in [3.05, 3.63) is 66.9 Å². The van der Waals surface area contributed by atoms with Crippen molar-refractivity contribution in [2.45, 2.75) is 6.54 Å². The number of urea groups is 1. The molecule has 2 amide bonds. The molecular weight excluding hydrogens is 342 g/mol. The molecule has 0 unspecified atom stereocenters. The predicted octanol–water partition coefficient (Wildman–Crippen LogP) is 2.01. The highest BCUT2D eigenvalue weighted by molar-refractivity contribution is 5.91. The quantitative estimate of drug-likeness (QED) is 0.767. The van der Waals surface area contributed by atoms with Crippen LogP contribution in [0.4, 0.5) is 10.5 Å². The highest BCUT2D eigenvalue weighted by Crippen LogP contribution is 2.17. The fourth-order valence-electron chi connectivity index (χ4n) is 3.10. The number of hydrogen-bond acceptors (Lipinski definition) is 5. The van der Waals surface area contributed by atoms with E-state index in [0.29, 0.717) is 24.6 Å². The van der Waals surface area contributed by atoms with Crippen molar-refractivity contribution in [2.24, 2.45) is 0 Å². The molecule has 8 nitrogen and oxygen atoms in total. The van der Waals surface area contributed by atoms with Crippen molar-refractivity contribution >= 4 is 11.7 Å². The van der Waals surface area contributed by atoms with E-state index in [0.717, 1.165) is 25.3 Å². The van der Waals surface area contributed by atoms with Gasteiger partial charge >= 0.3 is 6.03 Å². The molecule has 3 aromatic rings. The van der Waals surface area contributed by atoms with E-state index >= 15 is 0 Å². The molecule has 0 atom stereocenters. The van der Waals surface area contributed by atoms with Gasteiger partial charge in [0.05, 0.1) is 11.4 Å². The van der Waals surface area contributed by atoms with Crippen LogP contribution in [0.3, 0.4) is 0 Å². The summed E-state index contributed by atoms with van der Waals surface area (Å²) in [7, 11) is 0. The zero-order chi connectivity index (χ0) is 18.5. The van der Waals surface area contributed by atoms with Gasteiger partial charge in [-0.3, -0.25) is 9.88 Å². The van der Waals surface area contributed by atoms with Crippen LogP contribution in [-0.4, -0.2) is 61.8 Å². The van der Waals surface area contributed by atoms with Crippen LogP contribution >= 0.6 is 0 Å². The van der Waals surface area contributed by atoms with Gasteiger partial charge < -0.3 is 10.2 Å². The smallest absolute Gasteiger partial charge is 0.322 e. The molecule has 0 aromatic carbocycles. The molecule has 27 heavy (non-hydrogen) atoms. The number of anilines is 1. The molecule has 1 aliphatic rings. The normalized spacial score (nSPS) is 14.9. The molecule has 8 heteroatoms. The van der Waals surface area contributed by atoms with E-state index < -0.39 is 0 Å². The monoisotopic (exact) mass is 363 g/mol. The second kappa shape index (κ2) is 7.96. The third kappa shape index (κ3) is 4.12. The van der Waals surface area contributed by atoms with Crippen molar-refractivity contribution < 1.29 is 4.79 Å². The molecule has 0 radical (unpaired) electrons. The van der Waals surface area contributed by atoms with Crippen molar-refractivity contribution in [1.29, 1.82) is 0 Å². The summed E-state index contributed by atoms with van der Waals surface area (Å²) in [5.74, 6) is 0.602. The highest BCUT2D eigenvalue weighted by atomic mass is 16.2. The van der Waals surface area contributed by atoms with Crippen LogP contribution in [0.25, 0.3) is 5.82 Å². The minimum atomic E-state index is -0.117. The lowest BCUT2D eigenvalue weighted by Crippen LogP contribution is -2.49. The number of rotatable bonds is 4. The first-order valence-corrected chi connectivity index (χ1v) is 8.93. The molecule has 1 fully saturated rings. The van der Waals surface area contributed by atoms with E-state index in [1.54, 1.807) is 29.3 Å². The molecule has 1 N–H and O–H groups in total. The first-order valence-electron chi connectivity index (χ1n) is 8.93. The van der Waals surface area contributed by atoms with E-state index in [9.17, 15) is 4.79 Å². The Bertz CT molecular complexity index is 874. The van der Waals surface area contributed by atoms with Gasteiger partial charge in [0.15, 0.2) is 5.82 Å². The van der Waals surface area contributed by atoms with Crippen LogP contribution in [0.1, 0.15) is 5.69 Å². The van der Waals surface area contributed by atoms with Gasteiger partial charge in [0, 0.05) is 57.5 Å². The van der Waals surface area contributed by atoms with Crippen LogP contribution in [0.15, 0.2) is 61.2 Å². The first kappa shape index (κ1) is 17.2. The number of amides is 2. The van der Waals surface area contributed by atoms with E-state index in [1.807, 2.05) is 41.4 Å². The average Bonchev–Trinajstić information content (AvgIpc) is 3.24. The maximum absolute atomic E-state index is 12.7. The van der Waals surface area contributed by atoms with Crippen molar-refractivity contribution in [3.8, 4) is 5.82 Å². The molecule has 1 aliphatic heterocycles. The van der Waals surface area contributed by atoms with Gasteiger partial charge in [-0.25, -0.2) is 14.5 Å².